The number of benzene rings is 2. The highest BCUT2D eigenvalue weighted by atomic mass is 32.1. The van der Waals surface area contributed by atoms with E-state index >= 15 is 0 Å². The molecule has 0 radical (unpaired) electrons. The summed E-state index contributed by atoms with van der Waals surface area (Å²) in [6, 6.07) is 10.8. The number of aromatic nitrogens is 1. The summed E-state index contributed by atoms with van der Waals surface area (Å²) in [5, 5.41) is 4.57. The van der Waals surface area contributed by atoms with Crippen LogP contribution < -0.4 is 15.8 Å². The molecule has 1 aromatic heterocycles. The lowest BCUT2D eigenvalue weighted by molar-refractivity contribution is -0.274. The molecule has 3 N–H and O–H groups in total. The van der Waals surface area contributed by atoms with Crippen molar-refractivity contribution in [2.45, 2.75) is 12.8 Å². The van der Waals surface area contributed by atoms with Crippen molar-refractivity contribution in [1.29, 1.82) is 0 Å². The zero-order valence-corrected chi connectivity index (χ0v) is 15.1. The number of halogens is 3. The van der Waals surface area contributed by atoms with Gasteiger partial charge in [0.1, 0.15) is 0 Å². The lowest BCUT2D eigenvalue weighted by atomic mass is 10.0. The molecule has 0 saturated carbocycles. The van der Waals surface area contributed by atoms with Gasteiger partial charge in [-0.3, -0.25) is 9.78 Å². The number of carbonyl (C=O) groups is 1. The van der Waals surface area contributed by atoms with E-state index in [1.54, 1.807) is 12.4 Å². The van der Waals surface area contributed by atoms with Crippen LogP contribution in [0.2, 0.25) is 0 Å². The van der Waals surface area contributed by atoms with Crippen LogP contribution in [0.4, 0.5) is 18.9 Å². The number of hydrogen-bond acceptors (Lipinski definition) is 4. The second-order valence-corrected chi connectivity index (χ2v) is 6.35. The van der Waals surface area contributed by atoms with E-state index in [0.717, 1.165) is 28.5 Å². The van der Waals surface area contributed by atoms with E-state index in [9.17, 15) is 18.0 Å². The largest absolute Gasteiger partial charge is 0.573 e. The number of amides is 1. The predicted molar refractivity (Wildman–Crippen MR) is 103 cm³/mol. The highest BCUT2D eigenvalue weighted by Gasteiger charge is 2.32. The molecule has 0 atom stereocenters. The summed E-state index contributed by atoms with van der Waals surface area (Å²) in [5.74, 6) is -1.30. The average Bonchev–Trinajstić information content (AvgIpc) is 2.62. The normalized spacial score (nSPS) is 11.2. The number of fused-ring (bicyclic) bond motifs is 1. The van der Waals surface area contributed by atoms with Gasteiger partial charge in [-0.1, -0.05) is 30.4 Å². The van der Waals surface area contributed by atoms with E-state index in [4.69, 9.17) is 18.0 Å². The van der Waals surface area contributed by atoms with Gasteiger partial charge in [0.15, 0.2) is 5.75 Å². The summed E-state index contributed by atoms with van der Waals surface area (Å²) in [5.41, 5.74) is 6.01. The molecule has 3 aromatic rings. The van der Waals surface area contributed by atoms with E-state index in [-0.39, 0.29) is 22.7 Å². The van der Waals surface area contributed by atoms with Crippen LogP contribution >= 0.6 is 12.2 Å². The van der Waals surface area contributed by atoms with E-state index in [2.05, 4.69) is 15.0 Å². The fraction of sp³-hybridized carbons (Fsp3) is 0.105. The number of nitrogens with zero attached hydrogens (tertiary/aromatic N) is 1. The fourth-order valence-corrected chi connectivity index (χ4v) is 2.97. The predicted octanol–water partition coefficient (Wildman–Crippen LogP) is 4.21. The van der Waals surface area contributed by atoms with Gasteiger partial charge in [0.05, 0.1) is 10.7 Å². The molecular weight excluding hydrogens is 391 g/mol. The molecular formula is C19H14F3N3O2S. The van der Waals surface area contributed by atoms with Gasteiger partial charge in [-0.15, -0.1) is 13.2 Å². The van der Waals surface area contributed by atoms with E-state index in [1.165, 1.54) is 6.07 Å². The number of hydrogen-bond donors (Lipinski definition) is 2. The van der Waals surface area contributed by atoms with Gasteiger partial charge in [-0.05, 0) is 35.2 Å². The second-order valence-electron chi connectivity index (χ2n) is 5.86. The minimum Gasteiger partial charge on any atom is -0.404 e. The zero-order valence-electron chi connectivity index (χ0n) is 14.3. The summed E-state index contributed by atoms with van der Waals surface area (Å²) in [7, 11) is 0. The monoisotopic (exact) mass is 405 g/mol. The Kier molecular flexibility index (Phi) is 5.46. The number of primary amides is 1. The van der Waals surface area contributed by atoms with Crippen molar-refractivity contribution >= 4 is 39.6 Å². The third kappa shape index (κ3) is 4.74. The highest BCUT2D eigenvalue weighted by Crippen LogP contribution is 2.31. The smallest absolute Gasteiger partial charge is 0.404 e. The van der Waals surface area contributed by atoms with E-state index < -0.39 is 18.0 Å². The van der Waals surface area contributed by atoms with Gasteiger partial charge in [-0.2, -0.15) is 0 Å². The Labute approximate surface area is 163 Å². The quantitative estimate of drug-likeness (QED) is 0.622. The van der Waals surface area contributed by atoms with Gasteiger partial charge in [0.25, 0.3) is 0 Å². The third-order valence-electron chi connectivity index (χ3n) is 3.89. The Morgan fingerprint density at radius 2 is 2.00 bits per heavy atom. The molecule has 1 heterocycles. The molecule has 0 aliphatic rings. The molecule has 0 spiro atoms. The van der Waals surface area contributed by atoms with Gasteiger partial charge >= 0.3 is 6.36 Å². The molecule has 1 amide bonds. The van der Waals surface area contributed by atoms with Gasteiger partial charge in [0, 0.05) is 29.8 Å². The lowest BCUT2D eigenvalue weighted by Gasteiger charge is -2.16. The maximum Gasteiger partial charge on any atom is 0.573 e. The van der Waals surface area contributed by atoms with Crippen LogP contribution in [0.15, 0.2) is 54.9 Å². The molecule has 28 heavy (non-hydrogen) atoms. The third-order valence-corrected chi connectivity index (χ3v) is 4.13. The van der Waals surface area contributed by atoms with Gasteiger partial charge in [-0.25, -0.2) is 0 Å². The van der Waals surface area contributed by atoms with Crippen molar-refractivity contribution in [2.24, 2.45) is 5.73 Å². The first-order chi connectivity index (χ1) is 13.2. The van der Waals surface area contributed by atoms with Crippen LogP contribution in [-0.2, 0) is 6.42 Å². The summed E-state index contributed by atoms with van der Waals surface area (Å²) >= 11 is 5.31. The highest BCUT2D eigenvalue weighted by molar-refractivity contribution is 7.80. The molecule has 0 fully saturated rings. The molecule has 0 aliphatic carbocycles. The molecule has 144 valence electrons. The summed E-state index contributed by atoms with van der Waals surface area (Å²) < 4.78 is 42.0. The Morgan fingerprint density at radius 1 is 1.21 bits per heavy atom. The summed E-state index contributed by atoms with van der Waals surface area (Å²) in [6.45, 7) is 0. The van der Waals surface area contributed by atoms with Crippen molar-refractivity contribution < 1.29 is 22.7 Å². The number of alkyl halides is 3. The standard InChI is InChI=1S/C19H14F3N3O2S/c20-19(21,22)27-16-5-4-12(18(23)26)8-15(16)25-17(28)9-11-2-1-3-13-10-24-7-6-14(11)13/h1-8,10H,9H2,(H2,23,26)(H,25,28). The molecule has 9 heteroatoms. The van der Waals surface area contributed by atoms with Crippen LogP contribution in [-0.4, -0.2) is 22.2 Å². The Hall–Kier alpha value is -3.20. The number of anilines is 1. The van der Waals surface area contributed by atoms with E-state index in [1.807, 2.05) is 24.3 Å². The first-order valence-corrected chi connectivity index (χ1v) is 8.45. The first-order valence-electron chi connectivity index (χ1n) is 8.04. The summed E-state index contributed by atoms with van der Waals surface area (Å²) in [4.78, 5) is 15.7. The maximum absolute atomic E-state index is 12.7. The Balaban J connectivity index is 1.88. The van der Waals surface area contributed by atoms with Crippen LogP contribution in [0, 0.1) is 0 Å². The lowest BCUT2D eigenvalue weighted by Crippen LogP contribution is -2.20. The Morgan fingerprint density at radius 3 is 2.71 bits per heavy atom. The van der Waals surface area contributed by atoms with Gasteiger partial charge in [0.2, 0.25) is 5.91 Å². The number of carbonyl (C=O) groups excluding carboxylic acids is 1. The first kappa shape index (κ1) is 19.6. The number of thiocarbonyl (C=S) groups is 1. The van der Waals surface area contributed by atoms with Crippen LogP contribution in [0.5, 0.6) is 5.75 Å². The topological polar surface area (TPSA) is 77.2 Å². The van der Waals surface area contributed by atoms with Crippen molar-refractivity contribution in [3.63, 3.8) is 0 Å². The SMILES string of the molecule is NC(=O)c1ccc(OC(F)(F)F)c(NC(=S)Cc2cccc3cnccc23)c1. The zero-order chi connectivity index (χ0) is 20.3. The summed E-state index contributed by atoms with van der Waals surface area (Å²) in [6.07, 6.45) is -1.27. The van der Waals surface area contributed by atoms with Crippen LogP contribution in [0.25, 0.3) is 10.8 Å². The minimum absolute atomic E-state index is 0.0241. The number of nitrogens with two attached hydrogens (primary N) is 1. The van der Waals surface area contributed by atoms with Crippen molar-refractivity contribution in [2.75, 3.05) is 5.32 Å². The minimum atomic E-state index is -4.89. The number of ether oxygens (including phenoxy) is 1. The molecule has 0 aliphatic heterocycles. The molecule has 3 rings (SSSR count). The Bertz CT molecular complexity index is 1050. The number of rotatable bonds is 5. The molecule has 0 bridgehead atoms. The maximum atomic E-state index is 12.7. The molecule has 5 nitrogen and oxygen atoms in total. The van der Waals surface area contributed by atoms with Crippen molar-refractivity contribution in [1.82, 2.24) is 4.98 Å². The second kappa shape index (κ2) is 7.81. The number of pyridine rings is 1. The molecule has 2 aromatic carbocycles. The molecule has 0 unspecified atom stereocenters. The van der Waals surface area contributed by atoms with Crippen molar-refractivity contribution in [3.05, 3.63) is 66.0 Å². The molecule has 0 saturated heterocycles. The number of nitrogens with one attached hydrogen (secondary N) is 1. The van der Waals surface area contributed by atoms with Crippen molar-refractivity contribution in [3.8, 4) is 5.75 Å². The van der Waals surface area contributed by atoms with Crippen LogP contribution in [0.1, 0.15) is 15.9 Å². The average molecular weight is 405 g/mol. The fourth-order valence-electron chi connectivity index (χ4n) is 2.71. The van der Waals surface area contributed by atoms with Gasteiger partial charge < -0.3 is 15.8 Å². The van der Waals surface area contributed by atoms with E-state index in [0.29, 0.717) is 0 Å². The van der Waals surface area contributed by atoms with Crippen LogP contribution in [0.3, 0.4) is 0 Å².